The highest BCUT2D eigenvalue weighted by molar-refractivity contribution is 6.74. The fourth-order valence-corrected chi connectivity index (χ4v) is 4.63. The largest absolute Gasteiger partial charge is 0.415 e. The summed E-state index contributed by atoms with van der Waals surface area (Å²) in [5.74, 6) is 0.236. The van der Waals surface area contributed by atoms with E-state index < -0.39 is 8.32 Å². The normalized spacial score (nSPS) is 17.3. The molecule has 0 heterocycles. The number of allylic oxidation sites excluding steroid dienone is 3. The molecule has 0 aromatic heterocycles. The van der Waals surface area contributed by atoms with Crippen LogP contribution in [0.25, 0.3) is 6.08 Å². The van der Waals surface area contributed by atoms with Crippen LogP contribution in [0.2, 0.25) is 18.1 Å². The van der Waals surface area contributed by atoms with Gasteiger partial charge in [0.15, 0.2) is 14.1 Å². The van der Waals surface area contributed by atoms with E-state index in [-0.39, 0.29) is 16.2 Å². The molecule has 1 aromatic carbocycles. The molecular formula is C26H41NO2Si. The molecule has 0 atom stereocenters. The second kappa shape index (κ2) is 9.65. The van der Waals surface area contributed by atoms with Gasteiger partial charge in [0, 0.05) is 25.2 Å². The summed E-state index contributed by atoms with van der Waals surface area (Å²) in [6, 6.07) is 8.67. The summed E-state index contributed by atoms with van der Waals surface area (Å²) < 4.78 is 6.35. The number of hydrogen-bond donors (Lipinski definition) is 0. The van der Waals surface area contributed by atoms with Crippen LogP contribution < -0.4 is 4.90 Å². The highest BCUT2D eigenvalue weighted by atomic mass is 28.4. The number of benzene rings is 1. The molecule has 0 radical (unpaired) electrons. The lowest BCUT2D eigenvalue weighted by Gasteiger charge is -2.37. The van der Waals surface area contributed by atoms with E-state index in [9.17, 15) is 4.79 Å². The summed E-state index contributed by atoms with van der Waals surface area (Å²) in [4.78, 5) is 14.3. The monoisotopic (exact) mass is 427 g/mol. The number of carbonyl (C=O) groups excluding carboxylic acids is 1. The maximum Gasteiger partial charge on any atom is 0.192 e. The van der Waals surface area contributed by atoms with Crippen LogP contribution in [0.1, 0.15) is 59.9 Å². The fraction of sp³-hybridized carbons (Fsp3) is 0.577. The molecule has 0 saturated carbocycles. The third-order valence-corrected chi connectivity index (χ3v) is 11.0. The molecular weight excluding hydrogens is 386 g/mol. The Balaban J connectivity index is 1.97. The van der Waals surface area contributed by atoms with E-state index in [1.807, 2.05) is 0 Å². The summed E-state index contributed by atoms with van der Waals surface area (Å²) in [7, 11) is -1.70. The summed E-state index contributed by atoms with van der Waals surface area (Å²) in [6.45, 7) is 20.6. The van der Waals surface area contributed by atoms with Crippen LogP contribution in [0, 0.1) is 5.41 Å². The Morgan fingerprint density at radius 2 is 1.73 bits per heavy atom. The topological polar surface area (TPSA) is 29.5 Å². The standard InChI is InChI=1S/C26H41NO2Si/c1-9-27(16-17-29-30(7,8)25(2,3)4)23-14-12-21(13-15-23)10-11-22-18-24(28)20-26(5,6)19-22/h10-15,18H,9,16-17,19-20H2,1-8H3/b11-10+. The molecule has 3 nitrogen and oxygen atoms in total. The number of rotatable bonds is 8. The molecule has 4 heteroatoms. The zero-order chi connectivity index (χ0) is 22.6. The molecule has 0 unspecified atom stereocenters. The summed E-state index contributed by atoms with van der Waals surface area (Å²) in [5, 5.41) is 0.242. The van der Waals surface area contributed by atoms with Crippen LogP contribution in [0.15, 0.2) is 42.0 Å². The first-order chi connectivity index (χ1) is 13.8. The number of ketones is 1. The van der Waals surface area contributed by atoms with Gasteiger partial charge in [0.25, 0.3) is 0 Å². The number of hydrogen-bond acceptors (Lipinski definition) is 3. The number of carbonyl (C=O) groups is 1. The minimum atomic E-state index is -1.70. The van der Waals surface area contributed by atoms with E-state index in [0.29, 0.717) is 6.42 Å². The van der Waals surface area contributed by atoms with Crippen LogP contribution >= 0.6 is 0 Å². The van der Waals surface area contributed by atoms with Gasteiger partial charge in [0.05, 0.1) is 6.61 Å². The van der Waals surface area contributed by atoms with Gasteiger partial charge in [-0.05, 0) is 66.2 Å². The van der Waals surface area contributed by atoms with Crippen molar-refractivity contribution in [2.24, 2.45) is 5.41 Å². The maximum atomic E-state index is 11.9. The van der Waals surface area contributed by atoms with E-state index >= 15 is 0 Å². The highest BCUT2D eigenvalue weighted by Crippen LogP contribution is 2.36. The van der Waals surface area contributed by atoms with E-state index in [0.717, 1.165) is 37.3 Å². The van der Waals surface area contributed by atoms with Crippen molar-refractivity contribution in [2.45, 2.75) is 72.5 Å². The van der Waals surface area contributed by atoms with Gasteiger partial charge in [0.1, 0.15) is 0 Å². The second-order valence-electron chi connectivity index (χ2n) is 10.8. The van der Waals surface area contributed by atoms with Gasteiger partial charge in [-0.3, -0.25) is 4.79 Å². The van der Waals surface area contributed by atoms with Crippen LogP contribution in [-0.4, -0.2) is 33.8 Å². The van der Waals surface area contributed by atoms with Crippen molar-refractivity contribution in [1.29, 1.82) is 0 Å². The zero-order valence-electron chi connectivity index (χ0n) is 20.3. The van der Waals surface area contributed by atoms with Gasteiger partial charge in [-0.2, -0.15) is 0 Å². The number of anilines is 1. The Labute approximate surface area is 185 Å². The molecule has 1 aromatic rings. The Morgan fingerprint density at radius 1 is 1.10 bits per heavy atom. The highest BCUT2D eigenvalue weighted by Gasteiger charge is 2.37. The summed E-state index contributed by atoms with van der Waals surface area (Å²) in [6.07, 6.45) is 7.60. The van der Waals surface area contributed by atoms with Gasteiger partial charge in [0.2, 0.25) is 0 Å². The van der Waals surface area contributed by atoms with Crippen LogP contribution in [0.4, 0.5) is 5.69 Å². The van der Waals surface area contributed by atoms with Crippen molar-refractivity contribution < 1.29 is 9.22 Å². The predicted octanol–water partition coefficient (Wildman–Crippen LogP) is 6.86. The first-order valence-electron chi connectivity index (χ1n) is 11.2. The van der Waals surface area contributed by atoms with Crippen molar-refractivity contribution in [3.63, 3.8) is 0 Å². The smallest absolute Gasteiger partial charge is 0.192 e. The van der Waals surface area contributed by atoms with Crippen LogP contribution in [0.5, 0.6) is 0 Å². The SMILES string of the molecule is CCN(CCO[Si](C)(C)C(C)(C)C)c1ccc(/C=C/C2=CC(=O)CC(C)(C)C2)cc1. The minimum Gasteiger partial charge on any atom is -0.415 e. The first kappa shape index (κ1) is 24.6. The van der Waals surface area contributed by atoms with Crippen LogP contribution in [0.3, 0.4) is 0 Å². The molecule has 2 rings (SSSR count). The third-order valence-electron chi connectivity index (χ3n) is 6.44. The summed E-state index contributed by atoms with van der Waals surface area (Å²) in [5.41, 5.74) is 3.56. The fourth-order valence-electron chi connectivity index (χ4n) is 3.60. The lowest BCUT2D eigenvalue weighted by molar-refractivity contribution is -0.116. The molecule has 0 amide bonds. The molecule has 0 saturated heterocycles. The van der Waals surface area contributed by atoms with E-state index in [2.05, 4.69) is 96.0 Å². The van der Waals surface area contributed by atoms with E-state index in [1.165, 1.54) is 5.69 Å². The molecule has 1 aliphatic carbocycles. The van der Waals surface area contributed by atoms with Crippen molar-refractivity contribution in [3.05, 3.63) is 47.6 Å². The van der Waals surface area contributed by atoms with Crippen LogP contribution in [-0.2, 0) is 9.22 Å². The molecule has 30 heavy (non-hydrogen) atoms. The van der Waals surface area contributed by atoms with Gasteiger partial charge < -0.3 is 9.33 Å². The lowest BCUT2D eigenvalue weighted by atomic mass is 9.77. The molecule has 0 fully saturated rings. The molecule has 0 N–H and O–H groups in total. The Hall–Kier alpha value is -1.65. The zero-order valence-corrected chi connectivity index (χ0v) is 21.3. The first-order valence-corrected chi connectivity index (χ1v) is 14.1. The van der Waals surface area contributed by atoms with Gasteiger partial charge in [-0.1, -0.05) is 58.9 Å². The Bertz CT molecular complexity index is 782. The molecule has 0 aliphatic heterocycles. The van der Waals surface area contributed by atoms with Gasteiger partial charge in [-0.25, -0.2) is 0 Å². The van der Waals surface area contributed by atoms with Crippen molar-refractivity contribution in [1.82, 2.24) is 0 Å². The van der Waals surface area contributed by atoms with Gasteiger partial charge in [-0.15, -0.1) is 0 Å². The Morgan fingerprint density at radius 3 is 2.27 bits per heavy atom. The van der Waals surface area contributed by atoms with Crippen molar-refractivity contribution in [3.8, 4) is 0 Å². The molecule has 0 spiro atoms. The van der Waals surface area contributed by atoms with Gasteiger partial charge >= 0.3 is 0 Å². The number of nitrogens with zero attached hydrogens (tertiary/aromatic N) is 1. The average Bonchev–Trinajstić information content (AvgIpc) is 2.61. The summed E-state index contributed by atoms with van der Waals surface area (Å²) >= 11 is 0. The molecule has 166 valence electrons. The molecule has 1 aliphatic rings. The quantitative estimate of drug-likeness (QED) is 0.424. The Kier molecular flexibility index (Phi) is 7.92. The number of likely N-dealkylation sites (N-methyl/N-ethyl adjacent to an activating group) is 1. The maximum absolute atomic E-state index is 11.9. The second-order valence-corrected chi connectivity index (χ2v) is 15.6. The van der Waals surface area contributed by atoms with E-state index in [4.69, 9.17) is 4.43 Å². The third kappa shape index (κ3) is 6.95. The average molecular weight is 428 g/mol. The van der Waals surface area contributed by atoms with Crippen molar-refractivity contribution in [2.75, 3.05) is 24.6 Å². The minimum absolute atomic E-state index is 0.0590. The van der Waals surface area contributed by atoms with Crippen molar-refractivity contribution >= 4 is 25.9 Å². The van der Waals surface area contributed by atoms with E-state index in [1.54, 1.807) is 6.08 Å². The lowest BCUT2D eigenvalue weighted by Crippen LogP contribution is -2.42. The molecule has 0 bridgehead atoms. The predicted molar refractivity (Wildman–Crippen MR) is 133 cm³/mol.